The Morgan fingerprint density at radius 3 is 2.59 bits per heavy atom. The molecule has 7 nitrogen and oxygen atoms in total. The molecule has 5 rings (SSSR count). The number of nitrogens with zero attached hydrogens (tertiary/aromatic N) is 5. The van der Waals surface area contributed by atoms with Crippen molar-refractivity contribution in [2.45, 2.75) is 11.4 Å². The number of halogens is 1. The zero-order valence-electron chi connectivity index (χ0n) is 18.3. The fourth-order valence-electron chi connectivity index (χ4n) is 3.81. The molecule has 4 aromatic rings. The van der Waals surface area contributed by atoms with E-state index in [1.165, 1.54) is 34.1 Å². The number of rotatable bonds is 6. The van der Waals surface area contributed by atoms with Gasteiger partial charge in [-0.15, -0.1) is 11.8 Å². The van der Waals surface area contributed by atoms with E-state index < -0.39 is 0 Å². The summed E-state index contributed by atoms with van der Waals surface area (Å²) in [7, 11) is 0. The second-order valence-corrected chi connectivity index (χ2v) is 9.96. The van der Waals surface area contributed by atoms with Crippen LogP contribution in [0.2, 0.25) is 0 Å². The molecule has 1 aliphatic rings. The van der Waals surface area contributed by atoms with E-state index in [0.717, 1.165) is 18.0 Å². The summed E-state index contributed by atoms with van der Waals surface area (Å²) in [4.78, 5) is 35.4. The van der Waals surface area contributed by atoms with E-state index in [1.807, 2.05) is 35.2 Å². The summed E-state index contributed by atoms with van der Waals surface area (Å²) in [6, 6.07) is 17.5. The lowest BCUT2D eigenvalue weighted by atomic mass is 10.2. The van der Waals surface area contributed by atoms with Crippen LogP contribution in [-0.4, -0.2) is 62.2 Å². The first-order valence-electron chi connectivity index (χ1n) is 10.9. The Kier molecular flexibility index (Phi) is 6.70. The number of fused-ring (bicyclic) bond motifs is 1. The molecule has 10 heteroatoms. The van der Waals surface area contributed by atoms with Crippen molar-refractivity contribution in [3.8, 4) is 10.6 Å². The largest absolute Gasteiger partial charge is 0.339 e. The van der Waals surface area contributed by atoms with Crippen LogP contribution in [0.25, 0.3) is 15.5 Å². The van der Waals surface area contributed by atoms with Crippen LogP contribution in [0.1, 0.15) is 5.69 Å². The van der Waals surface area contributed by atoms with Gasteiger partial charge in [0.05, 0.1) is 11.4 Å². The SMILES string of the molecule is O=C(CSc1ccccc1)N1CCN(Cc2cc(=O)n3nc(-c4cccc(F)c4)sc3n2)CC1. The first kappa shape index (κ1) is 22.7. The second-order valence-electron chi connectivity index (χ2n) is 7.96. The average Bonchev–Trinajstić information content (AvgIpc) is 3.29. The number of hydrogen-bond donors (Lipinski definition) is 0. The zero-order chi connectivity index (χ0) is 23.5. The minimum atomic E-state index is -0.353. The smallest absolute Gasteiger partial charge is 0.275 e. The van der Waals surface area contributed by atoms with Gasteiger partial charge in [0, 0.05) is 49.2 Å². The van der Waals surface area contributed by atoms with Crippen molar-refractivity contribution in [3.63, 3.8) is 0 Å². The van der Waals surface area contributed by atoms with Gasteiger partial charge in [0.25, 0.3) is 5.56 Å². The maximum Gasteiger partial charge on any atom is 0.275 e. The lowest BCUT2D eigenvalue weighted by Crippen LogP contribution is -2.49. The molecule has 1 fully saturated rings. The van der Waals surface area contributed by atoms with Gasteiger partial charge in [-0.1, -0.05) is 41.7 Å². The molecule has 34 heavy (non-hydrogen) atoms. The molecule has 1 amide bonds. The van der Waals surface area contributed by atoms with Crippen LogP contribution in [0.3, 0.4) is 0 Å². The predicted molar refractivity (Wildman–Crippen MR) is 132 cm³/mol. The summed E-state index contributed by atoms with van der Waals surface area (Å²) < 4.78 is 14.8. The number of carbonyl (C=O) groups excluding carboxylic acids is 1. The third-order valence-corrected chi connectivity index (χ3v) is 7.54. The van der Waals surface area contributed by atoms with Gasteiger partial charge in [0.15, 0.2) is 0 Å². The van der Waals surface area contributed by atoms with Crippen LogP contribution < -0.4 is 5.56 Å². The highest BCUT2D eigenvalue weighted by Crippen LogP contribution is 2.25. The van der Waals surface area contributed by atoms with Crippen molar-refractivity contribution in [1.29, 1.82) is 0 Å². The molecule has 0 atom stereocenters. The molecule has 1 saturated heterocycles. The van der Waals surface area contributed by atoms with E-state index in [9.17, 15) is 14.0 Å². The van der Waals surface area contributed by atoms with Crippen LogP contribution >= 0.6 is 23.1 Å². The number of hydrogen-bond acceptors (Lipinski definition) is 7. The van der Waals surface area contributed by atoms with Crippen molar-refractivity contribution >= 4 is 34.0 Å². The molecule has 3 heterocycles. The molecule has 0 aliphatic carbocycles. The van der Waals surface area contributed by atoms with Gasteiger partial charge in [-0.25, -0.2) is 9.37 Å². The van der Waals surface area contributed by atoms with Crippen LogP contribution in [-0.2, 0) is 11.3 Å². The Balaban J connectivity index is 1.20. The maximum atomic E-state index is 13.6. The van der Waals surface area contributed by atoms with Crippen molar-refractivity contribution in [2.24, 2.45) is 0 Å². The molecule has 0 saturated carbocycles. The van der Waals surface area contributed by atoms with Crippen LogP contribution in [0.15, 0.2) is 70.4 Å². The molecule has 0 radical (unpaired) electrons. The standard InChI is InChI=1S/C24H22FN5O2S2/c25-18-6-4-5-17(13-18)23-27-30-21(31)14-19(26-24(30)34-23)15-28-9-11-29(12-10-28)22(32)16-33-20-7-2-1-3-8-20/h1-8,13-14H,9-12,15-16H2. The lowest BCUT2D eigenvalue weighted by Gasteiger charge is -2.34. The van der Waals surface area contributed by atoms with Gasteiger partial charge >= 0.3 is 0 Å². The van der Waals surface area contributed by atoms with Crippen molar-refractivity contribution in [1.82, 2.24) is 24.4 Å². The summed E-state index contributed by atoms with van der Waals surface area (Å²) in [5.41, 5.74) is 1.02. The average molecular weight is 496 g/mol. The number of carbonyl (C=O) groups is 1. The summed E-state index contributed by atoms with van der Waals surface area (Å²) in [5.74, 6) is 0.216. The van der Waals surface area contributed by atoms with Crippen molar-refractivity contribution in [3.05, 3.63) is 82.5 Å². The Morgan fingerprint density at radius 2 is 1.82 bits per heavy atom. The van der Waals surface area contributed by atoms with Crippen LogP contribution in [0.5, 0.6) is 0 Å². The second kappa shape index (κ2) is 10.0. The van der Waals surface area contributed by atoms with Gasteiger partial charge in [-0.2, -0.15) is 9.61 Å². The minimum Gasteiger partial charge on any atom is -0.339 e. The Bertz CT molecular complexity index is 1370. The third-order valence-electron chi connectivity index (χ3n) is 5.59. The Labute approximate surface area is 203 Å². The topological polar surface area (TPSA) is 70.8 Å². The number of thioether (sulfide) groups is 1. The number of aromatic nitrogens is 3. The molecule has 174 valence electrons. The number of benzene rings is 2. The van der Waals surface area contributed by atoms with E-state index in [4.69, 9.17) is 0 Å². The summed E-state index contributed by atoms with van der Waals surface area (Å²) in [6.07, 6.45) is 0. The van der Waals surface area contributed by atoms with Gasteiger partial charge in [0.1, 0.15) is 10.8 Å². The molecule has 2 aromatic carbocycles. The zero-order valence-corrected chi connectivity index (χ0v) is 19.9. The molecule has 2 aromatic heterocycles. The molecular formula is C24H22FN5O2S2. The predicted octanol–water partition coefficient (Wildman–Crippen LogP) is 3.39. The maximum absolute atomic E-state index is 13.6. The van der Waals surface area contributed by atoms with E-state index in [-0.39, 0.29) is 17.3 Å². The van der Waals surface area contributed by atoms with E-state index in [1.54, 1.807) is 23.9 Å². The Morgan fingerprint density at radius 1 is 1.03 bits per heavy atom. The molecule has 1 aliphatic heterocycles. The van der Waals surface area contributed by atoms with E-state index in [0.29, 0.717) is 46.6 Å². The van der Waals surface area contributed by atoms with Gasteiger partial charge in [-0.3, -0.25) is 14.5 Å². The van der Waals surface area contributed by atoms with Crippen LogP contribution in [0.4, 0.5) is 4.39 Å². The van der Waals surface area contributed by atoms with E-state index in [2.05, 4.69) is 15.0 Å². The number of piperazine rings is 1. The quantitative estimate of drug-likeness (QED) is 0.382. The molecule has 0 unspecified atom stereocenters. The normalized spacial score (nSPS) is 14.6. The first-order valence-corrected chi connectivity index (χ1v) is 12.7. The van der Waals surface area contributed by atoms with Gasteiger partial charge in [-0.05, 0) is 24.3 Å². The third kappa shape index (κ3) is 5.19. The van der Waals surface area contributed by atoms with Crippen molar-refractivity contribution in [2.75, 3.05) is 31.9 Å². The molecule has 0 bridgehead atoms. The minimum absolute atomic E-state index is 0.140. The lowest BCUT2D eigenvalue weighted by molar-refractivity contribution is -0.130. The fraction of sp³-hybridized carbons (Fsp3) is 0.250. The van der Waals surface area contributed by atoms with Crippen LogP contribution in [0, 0.1) is 5.82 Å². The summed E-state index contributed by atoms with van der Waals surface area (Å²) in [5, 5.41) is 4.86. The first-order chi connectivity index (χ1) is 16.5. The van der Waals surface area contributed by atoms with Gasteiger partial charge in [0.2, 0.25) is 10.9 Å². The summed E-state index contributed by atoms with van der Waals surface area (Å²) in [6.45, 7) is 3.28. The highest BCUT2D eigenvalue weighted by Gasteiger charge is 2.22. The fourth-order valence-corrected chi connectivity index (χ4v) is 5.56. The highest BCUT2D eigenvalue weighted by atomic mass is 32.2. The Hall–Kier alpha value is -3.08. The monoisotopic (exact) mass is 495 g/mol. The molecular weight excluding hydrogens is 473 g/mol. The summed E-state index contributed by atoms with van der Waals surface area (Å²) >= 11 is 2.81. The van der Waals surface area contributed by atoms with Gasteiger partial charge < -0.3 is 4.90 Å². The molecule has 0 spiro atoms. The molecule has 0 N–H and O–H groups in total. The van der Waals surface area contributed by atoms with Crippen molar-refractivity contribution < 1.29 is 9.18 Å². The number of amides is 1. The van der Waals surface area contributed by atoms with E-state index >= 15 is 0 Å². The highest BCUT2D eigenvalue weighted by molar-refractivity contribution is 8.00.